The van der Waals surface area contributed by atoms with E-state index in [1.165, 1.54) is 13.0 Å². The Morgan fingerprint density at radius 3 is 2.29 bits per heavy atom. The SMILES string of the molecule is CCOC(=O)Nc1c(C)c([N+](=O)[O-])cc(C(C)C)c1C(=O)OCC. The van der Waals surface area contributed by atoms with E-state index in [9.17, 15) is 19.7 Å². The molecule has 0 aliphatic rings. The first-order valence-corrected chi connectivity index (χ1v) is 7.67. The van der Waals surface area contributed by atoms with Crippen molar-refractivity contribution < 1.29 is 24.0 Å². The summed E-state index contributed by atoms with van der Waals surface area (Å²) in [6, 6.07) is 1.35. The molecule has 24 heavy (non-hydrogen) atoms. The first-order valence-electron chi connectivity index (χ1n) is 7.67. The van der Waals surface area contributed by atoms with E-state index in [-0.39, 0.29) is 41.6 Å². The molecular formula is C16H22N2O6. The van der Waals surface area contributed by atoms with Crippen LogP contribution in [0.5, 0.6) is 0 Å². The summed E-state index contributed by atoms with van der Waals surface area (Å²) in [6.07, 6.45) is -0.790. The number of anilines is 1. The number of nitro groups is 1. The quantitative estimate of drug-likeness (QED) is 0.480. The van der Waals surface area contributed by atoms with Crippen molar-refractivity contribution in [3.05, 3.63) is 32.9 Å². The number of nitro benzene ring substituents is 1. The molecule has 0 radical (unpaired) electrons. The maximum absolute atomic E-state index is 12.4. The number of ether oxygens (including phenoxy) is 2. The van der Waals surface area contributed by atoms with Crippen molar-refractivity contribution in [1.29, 1.82) is 0 Å². The van der Waals surface area contributed by atoms with E-state index in [0.717, 1.165) is 0 Å². The summed E-state index contributed by atoms with van der Waals surface area (Å²) in [5, 5.41) is 13.8. The van der Waals surface area contributed by atoms with Gasteiger partial charge in [-0.3, -0.25) is 15.4 Å². The van der Waals surface area contributed by atoms with Crippen LogP contribution in [0, 0.1) is 17.0 Å². The predicted octanol–water partition coefficient (Wildman–Crippen LogP) is 3.77. The van der Waals surface area contributed by atoms with Crippen LogP contribution >= 0.6 is 0 Å². The van der Waals surface area contributed by atoms with Gasteiger partial charge in [0.05, 0.1) is 35.0 Å². The molecule has 0 heterocycles. The monoisotopic (exact) mass is 338 g/mol. The smallest absolute Gasteiger partial charge is 0.411 e. The third-order valence-electron chi connectivity index (χ3n) is 3.39. The average Bonchev–Trinajstić information content (AvgIpc) is 2.48. The number of hydrogen-bond donors (Lipinski definition) is 1. The number of nitrogens with zero attached hydrogens (tertiary/aromatic N) is 1. The predicted molar refractivity (Wildman–Crippen MR) is 88.5 cm³/mol. The van der Waals surface area contributed by atoms with E-state index in [0.29, 0.717) is 5.56 Å². The Morgan fingerprint density at radius 2 is 1.83 bits per heavy atom. The normalized spacial score (nSPS) is 10.4. The number of carbonyl (C=O) groups excluding carboxylic acids is 2. The number of amides is 1. The zero-order valence-corrected chi connectivity index (χ0v) is 14.5. The highest BCUT2D eigenvalue weighted by atomic mass is 16.6. The number of benzene rings is 1. The second-order valence-electron chi connectivity index (χ2n) is 5.34. The lowest BCUT2D eigenvalue weighted by Gasteiger charge is -2.19. The van der Waals surface area contributed by atoms with E-state index in [4.69, 9.17) is 9.47 Å². The molecule has 0 bridgehead atoms. The molecule has 8 nitrogen and oxygen atoms in total. The number of carbonyl (C=O) groups is 2. The highest BCUT2D eigenvalue weighted by Crippen LogP contribution is 2.36. The van der Waals surface area contributed by atoms with Gasteiger partial charge in [0.25, 0.3) is 5.69 Å². The van der Waals surface area contributed by atoms with Crippen LogP contribution in [0.1, 0.15) is 55.1 Å². The highest BCUT2D eigenvalue weighted by Gasteiger charge is 2.28. The largest absolute Gasteiger partial charge is 0.462 e. The molecule has 0 aliphatic heterocycles. The molecule has 8 heteroatoms. The van der Waals surface area contributed by atoms with E-state index in [1.54, 1.807) is 27.7 Å². The zero-order chi connectivity index (χ0) is 18.4. The standard InChI is InChI=1S/C16H22N2O6/c1-6-23-15(19)13-11(9(3)4)8-12(18(21)22)10(5)14(13)17-16(20)24-7-2/h8-9H,6-7H2,1-5H3,(H,17,20). The lowest BCUT2D eigenvalue weighted by molar-refractivity contribution is -0.385. The number of nitrogens with one attached hydrogen (secondary N) is 1. The Balaban J connectivity index is 3.66. The minimum atomic E-state index is -0.790. The molecule has 0 fully saturated rings. The van der Waals surface area contributed by atoms with Gasteiger partial charge in [-0.1, -0.05) is 13.8 Å². The topological polar surface area (TPSA) is 108 Å². The number of hydrogen-bond acceptors (Lipinski definition) is 6. The Labute approximate surface area is 140 Å². The molecule has 0 unspecified atom stereocenters. The molecule has 0 spiro atoms. The van der Waals surface area contributed by atoms with Crippen LogP contribution in [-0.4, -0.2) is 30.2 Å². The zero-order valence-electron chi connectivity index (χ0n) is 14.5. The van der Waals surface area contributed by atoms with Crippen molar-refractivity contribution in [3.8, 4) is 0 Å². The van der Waals surface area contributed by atoms with Crippen molar-refractivity contribution in [2.45, 2.75) is 40.5 Å². The first-order chi connectivity index (χ1) is 11.2. The highest BCUT2D eigenvalue weighted by molar-refractivity contribution is 6.03. The lowest BCUT2D eigenvalue weighted by Crippen LogP contribution is -2.20. The van der Waals surface area contributed by atoms with E-state index in [2.05, 4.69) is 5.32 Å². The van der Waals surface area contributed by atoms with Gasteiger partial charge in [0.2, 0.25) is 0 Å². The third-order valence-corrected chi connectivity index (χ3v) is 3.39. The van der Waals surface area contributed by atoms with Crippen molar-refractivity contribution >= 4 is 23.4 Å². The molecule has 132 valence electrons. The molecule has 1 aromatic rings. The average molecular weight is 338 g/mol. The summed E-state index contributed by atoms with van der Waals surface area (Å²) in [4.78, 5) is 34.9. The molecule has 0 aromatic heterocycles. The Morgan fingerprint density at radius 1 is 1.25 bits per heavy atom. The summed E-state index contributed by atoms with van der Waals surface area (Å²) < 4.78 is 9.88. The molecule has 0 saturated carbocycles. The first kappa shape index (κ1) is 19.4. The summed E-state index contributed by atoms with van der Waals surface area (Å²) in [7, 11) is 0. The second-order valence-corrected chi connectivity index (χ2v) is 5.34. The van der Waals surface area contributed by atoms with Gasteiger partial charge in [-0.25, -0.2) is 9.59 Å². The van der Waals surface area contributed by atoms with Crippen molar-refractivity contribution in [1.82, 2.24) is 0 Å². The van der Waals surface area contributed by atoms with E-state index >= 15 is 0 Å². The molecule has 1 N–H and O–H groups in total. The van der Waals surface area contributed by atoms with Crippen molar-refractivity contribution in [3.63, 3.8) is 0 Å². The van der Waals surface area contributed by atoms with Gasteiger partial charge >= 0.3 is 12.1 Å². The molecule has 1 amide bonds. The Kier molecular flexibility index (Phi) is 6.69. The van der Waals surface area contributed by atoms with Crippen LogP contribution in [0.15, 0.2) is 6.07 Å². The maximum atomic E-state index is 12.4. The lowest BCUT2D eigenvalue weighted by atomic mass is 9.92. The maximum Gasteiger partial charge on any atom is 0.411 e. The molecule has 1 rings (SSSR count). The molecule has 1 aromatic carbocycles. The van der Waals surface area contributed by atoms with Gasteiger partial charge in [0.15, 0.2) is 0 Å². The summed E-state index contributed by atoms with van der Waals surface area (Å²) in [5.41, 5.74) is 0.574. The number of esters is 1. The van der Waals surface area contributed by atoms with Crippen molar-refractivity contribution in [2.24, 2.45) is 0 Å². The van der Waals surface area contributed by atoms with Crippen LogP contribution in [0.3, 0.4) is 0 Å². The van der Waals surface area contributed by atoms with Crippen molar-refractivity contribution in [2.75, 3.05) is 18.5 Å². The van der Waals surface area contributed by atoms with E-state index < -0.39 is 17.0 Å². The summed E-state index contributed by atoms with van der Waals surface area (Å²) in [5.74, 6) is -0.836. The van der Waals surface area contributed by atoms with E-state index in [1.807, 2.05) is 0 Å². The fourth-order valence-electron chi connectivity index (χ4n) is 2.28. The van der Waals surface area contributed by atoms with Crippen LogP contribution in [-0.2, 0) is 9.47 Å². The second kappa shape index (κ2) is 8.28. The van der Waals surface area contributed by atoms with Gasteiger partial charge in [-0.2, -0.15) is 0 Å². The van der Waals surface area contributed by atoms with Crippen LogP contribution in [0.25, 0.3) is 0 Å². The molecular weight excluding hydrogens is 316 g/mol. The third kappa shape index (κ3) is 4.21. The van der Waals surface area contributed by atoms with Gasteiger partial charge < -0.3 is 9.47 Å². The Hall–Kier alpha value is -2.64. The number of rotatable bonds is 6. The minimum absolute atomic E-state index is 0.0461. The fourth-order valence-corrected chi connectivity index (χ4v) is 2.28. The van der Waals surface area contributed by atoms with Gasteiger partial charge in [-0.05, 0) is 32.3 Å². The van der Waals surface area contributed by atoms with Gasteiger partial charge in [0.1, 0.15) is 0 Å². The van der Waals surface area contributed by atoms with Gasteiger partial charge in [-0.15, -0.1) is 0 Å². The van der Waals surface area contributed by atoms with Gasteiger partial charge in [0, 0.05) is 6.07 Å². The molecule has 0 atom stereocenters. The fraction of sp³-hybridized carbons (Fsp3) is 0.500. The summed E-state index contributed by atoms with van der Waals surface area (Å²) in [6.45, 7) is 8.62. The van der Waals surface area contributed by atoms with Crippen LogP contribution < -0.4 is 5.32 Å². The minimum Gasteiger partial charge on any atom is -0.462 e. The Bertz CT molecular complexity index is 654. The van der Waals surface area contributed by atoms with Crippen LogP contribution in [0.2, 0.25) is 0 Å². The molecule has 0 aliphatic carbocycles. The molecule has 0 saturated heterocycles. The summed E-state index contributed by atoms with van der Waals surface area (Å²) >= 11 is 0. The van der Waals surface area contributed by atoms with Crippen LogP contribution in [0.4, 0.5) is 16.2 Å².